The number of aromatic nitrogens is 2. The van der Waals surface area contributed by atoms with Crippen LogP contribution in [0.15, 0.2) is 22.7 Å². The molecule has 112 valence electrons. The molecule has 1 atom stereocenters. The Kier molecular flexibility index (Phi) is 4.18. The van der Waals surface area contributed by atoms with E-state index in [0.29, 0.717) is 11.4 Å². The molecule has 0 bridgehead atoms. The summed E-state index contributed by atoms with van der Waals surface area (Å²) in [6.07, 6.45) is 0. The number of nitrogens with two attached hydrogens (primary N) is 1. The van der Waals surface area contributed by atoms with Gasteiger partial charge in [-0.05, 0) is 12.0 Å². The zero-order valence-corrected chi connectivity index (χ0v) is 11.9. The molecule has 8 nitrogen and oxygen atoms in total. The molecule has 2 rings (SSSR count). The Morgan fingerprint density at radius 1 is 1.43 bits per heavy atom. The third-order valence-electron chi connectivity index (χ3n) is 3.08. The van der Waals surface area contributed by atoms with E-state index >= 15 is 0 Å². The van der Waals surface area contributed by atoms with E-state index in [9.17, 15) is 10.1 Å². The second-order valence-corrected chi connectivity index (χ2v) is 4.87. The maximum atomic E-state index is 10.9. The predicted molar refractivity (Wildman–Crippen MR) is 74.7 cm³/mol. The van der Waals surface area contributed by atoms with E-state index in [4.69, 9.17) is 15.0 Å². The van der Waals surface area contributed by atoms with Gasteiger partial charge in [-0.25, -0.2) is 0 Å². The molecule has 2 N–H and O–H groups in total. The molecule has 1 aromatic heterocycles. The van der Waals surface area contributed by atoms with E-state index in [1.54, 1.807) is 0 Å². The number of nitro groups is 1. The molecule has 0 radical (unpaired) electrons. The van der Waals surface area contributed by atoms with Crippen molar-refractivity contribution in [1.29, 1.82) is 0 Å². The number of hydrogen-bond acceptors (Lipinski definition) is 7. The van der Waals surface area contributed by atoms with Crippen LogP contribution in [-0.2, 0) is 0 Å². The third kappa shape index (κ3) is 3.00. The monoisotopic (exact) mass is 292 g/mol. The number of hydrogen-bond donors (Lipinski definition) is 1. The van der Waals surface area contributed by atoms with Crippen molar-refractivity contribution in [3.05, 3.63) is 34.1 Å². The number of nitro benzene ring substituents is 1. The van der Waals surface area contributed by atoms with E-state index in [1.807, 2.05) is 13.8 Å². The van der Waals surface area contributed by atoms with Crippen molar-refractivity contribution in [3.63, 3.8) is 0 Å². The van der Waals surface area contributed by atoms with Crippen molar-refractivity contribution in [2.24, 2.45) is 11.7 Å². The highest BCUT2D eigenvalue weighted by Gasteiger charge is 2.20. The Hall–Kier alpha value is -2.48. The van der Waals surface area contributed by atoms with Gasteiger partial charge in [0.25, 0.3) is 5.89 Å². The average molecular weight is 292 g/mol. The molecule has 0 fully saturated rings. The lowest BCUT2D eigenvalue weighted by Crippen LogP contribution is -2.18. The number of benzene rings is 1. The molecule has 2 aromatic rings. The summed E-state index contributed by atoms with van der Waals surface area (Å²) in [7, 11) is 1.36. The van der Waals surface area contributed by atoms with Gasteiger partial charge in [0.15, 0.2) is 11.6 Å². The summed E-state index contributed by atoms with van der Waals surface area (Å²) in [5.74, 6) is 0.943. The number of nitrogens with zero attached hydrogens (tertiary/aromatic N) is 3. The van der Waals surface area contributed by atoms with Gasteiger partial charge in [-0.2, -0.15) is 4.98 Å². The Bertz CT molecular complexity index is 653. The highest BCUT2D eigenvalue weighted by atomic mass is 16.6. The van der Waals surface area contributed by atoms with Crippen LogP contribution >= 0.6 is 0 Å². The summed E-state index contributed by atoms with van der Waals surface area (Å²) >= 11 is 0. The lowest BCUT2D eigenvalue weighted by atomic mass is 10.1. The van der Waals surface area contributed by atoms with Crippen LogP contribution in [0.25, 0.3) is 11.5 Å². The molecule has 0 aliphatic heterocycles. The van der Waals surface area contributed by atoms with Gasteiger partial charge in [0, 0.05) is 17.7 Å². The molecule has 0 aliphatic rings. The molecule has 21 heavy (non-hydrogen) atoms. The fraction of sp³-hybridized carbons (Fsp3) is 0.385. The molecule has 0 saturated heterocycles. The minimum atomic E-state index is -0.517. The van der Waals surface area contributed by atoms with Gasteiger partial charge < -0.3 is 15.0 Å². The second-order valence-electron chi connectivity index (χ2n) is 4.87. The first kappa shape index (κ1) is 14.9. The standard InChI is InChI=1S/C13H16N4O4/c1-7(2)11(14)12-15-13(21-16-12)8-4-5-9(17(18)19)10(6-8)20-3/h4-7,11H,14H2,1-3H3. The number of ether oxygens (including phenoxy) is 1. The molecular weight excluding hydrogens is 276 g/mol. The van der Waals surface area contributed by atoms with E-state index in [1.165, 1.54) is 25.3 Å². The highest BCUT2D eigenvalue weighted by Crippen LogP contribution is 2.32. The normalized spacial score (nSPS) is 12.4. The van der Waals surface area contributed by atoms with E-state index in [2.05, 4.69) is 10.1 Å². The minimum Gasteiger partial charge on any atom is -0.490 e. The van der Waals surface area contributed by atoms with Crippen LogP contribution < -0.4 is 10.5 Å². The number of rotatable bonds is 5. The van der Waals surface area contributed by atoms with Crippen molar-refractivity contribution < 1.29 is 14.2 Å². The fourth-order valence-corrected chi connectivity index (χ4v) is 1.75. The largest absolute Gasteiger partial charge is 0.490 e. The van der Waals surface area contributed by atoms with Gasteiger partial charge in [0.2, 0.25) is 0 Å². The van der Waals surface area contributed by atoms with Crippen LogP contribution in [0.3, 0.4) is 0 Å². The summed E-state index contributed by atoms with van der Waals surface area (Å²) in [6.45, 7) is 3.91. The van der Waals surface area contributed by atoms with Crippen molar-refractivity contribution in [3.8, 4) is 17.2 Å². The summed E-state index contributed by atoms with van der Waals surface area (Å²) < 4.78 is 10.2. The first-order valence-electron chi connectivity index (χ1n) is 6.36. The molecule has 8 heteroatoms. The summed E-state index contributed by atoms with van der Waals surface area (Å²) in [5, 5.41) is 14.7. The molecule has 0 spiro atoms. The van der Waals surface area contributed by atoms with E-state index < -0.39 is 4.92 Å². The zero-order valence-electron chi connectivity index (χ0n) is 11.9. The Morgan fingerprint density at radius 3 is 2.71 bits per heavy atom. The Balaban J connectivity index is 2.37. The minimum absolute atomic E-state index is 0.125. The summed E-state index contributed by atoms with van der Waals surface area (Å²) in [6, 6.07) is 4.01. The average Bonchev–Trinajstić information content (AvgIpc) is 2.95. The maximum Gasteiger partial charge on any atom is 0.310 e. The van der Waals surface area contributed by atoms with Crippen molar-refractivity contribution in [1.82, 2.24) is 10.1 Å². The zero-order chi connectivity index (χ0) is 15.6. The fourth-order valence-electron chi connectivity index (χ4n) is 1.75. The lowest BCUT2D eigenvalue weighted by Gasteiger charge is -2.09. The van der Waals surface area contributed by atoms with E-state index in [0.717, 1.165) is 0 Å². The third-order valence-corrected chi connectivity index (χ3v) is 3.08. The van der Waals surface area contributed by atoms with Crippen molar-refractivity contribution in [2.45, 2.75) is 19.9 Å². The highest BCUT2D eigenvalue weighted by molar-refractivity contribution is 5.61. The predicted octanol–water partition coefficient (Wildman–Crippen LogP) is 2.31. The first-order valence-corrected chi connectivity index (χ1v) is 6.36. The van der Waals surface area contributed by atoms with Gasteiger partial charge in [-0.15, -0.1) is 0 Å². The smallest absolute Gasteiger partial charge is 0.310 e. The first-order chi connectivity index (χ1) is 9.93. The van der Waals surface area contributed by atoms with Gasteiger partial charge in [0.1, 0.15) is 0 Å². The molecule has 0 amide bonds. The maximum absolute atomic E-state index is 10.9. The molecule has 1 unspecified atom stereocenters. The lowest BCUT2D eigenvalue weighted by molar-refractivity contribution is -0.385. The topological polar surface area (TPSA) is 117 Å². The second kappa shape index (κ2) is 5.88. The summed E-state index contributed by atoms with van der Waals surface area (Å²) in [4.78, 5) is 14.6. The van der Waals surface area contributed by atoms with Gasteiger partial charge in [-0.3, -0.25) is 10.1 Å². The summed E-state index contributed by atoms with van der Waals surface area (Å²) in [5.41, 5.74) is 6.36. The van der Waals surface area contributed by atoms with Crippen LogP contribution in [0.4, 0.5) is 5.69 Å². The molecule has 1 heterocycles. The molecular formula is C13H16N4O4. The van der Waals surface area contributed by atoms with Crippen LogP contribution in [-0.4, -0.2) is 22.2 Å². The van der Waals surface area contributed by atoms with Crippen LogP contribution in [0.1, 0.15) is 25.7 Å². The van der Waals surface area contributed by atoms with Gasteiger partial charge >= 0.3 is 5.69 Å². The van der Waals surface area contributed by atoms with Crippen LogP contribution in [0.5, 0.6) is 5.75 Å². The molecule has 0 aliphatic carbocycles. The van der Waals surface area contributed by atoms with Crippen LogP contribution in [0.2, 0.25) is 0 Å². The Morgan fingerprint density at radius 2 is 2.14 bits per heavy atom. The number of methoxy groups -OCH3 is 1. The van der Waals surface area contributed by atoms with Gasteiger partial charge in [0.05, 0.1) is 18.1 Å². The molecule has 0 saturated carbocycles. The SMILES string of the molecule is COc1cc(-c2nc(C(N)C(C)C)no2)ccc1[N+](=O)[O-]. The van der Waals surface area contributed by atoms with Crippen molar-refractivity contribution in [2.75, 3.05) is 7.11 Å². The Labute approximate surface area is 121 Å². The quantitative estimate of drug-likeness (QED) is 0.663. The van der Waals surface area contributed by atoms with Crippen molar-refractivity contribution >= 4 is 5.69 Å². The van der Waals surface area contributed by atoms with Gasteiger partial charge in [-0.1, -0.05) is 19.0 Å². The van der Waals surface area contributed by atoms with E-state index in [-0.39, 0.29) is 29.3 Å². The van der Waals surface area contributed by atoms with Crippen LogP contribution in [0, 0.1) is 16.0 Å². The molecule has 1 aromatic carbocycles.